The van der Waals surface area contributed by atoms with Crippen LogP contribution in [-0.4, -0.2) is 14.5 Å². The van der Waals surface area contributed by atoms with Crippen molar-refractivity contribution < 1.29 is 17.6 Å². The lowest BCUT2D eigenvalue weighted by Crippen LogP contribution is -2.19. The van der Waals surface area contributed by atoms with Crippen LogP contribution in [0.3, 0.4) is 0 Å². The minimum absolute atomic E-state index is 0.0188. The second-order valence-corrected chi connectivity index (χ2v) is 4.93. The van der Waals surface area contributed by atoms with Crippen molar-refractivity contribution in [2.24, 2.45) is 7.05 Å². The molecule has 0 atom stereocenters. The van der Waals surface area contributed by atoms with Crippen LogP contribution < -0.4 is 5.56 Å². The second-order valence-electron chi connectivity index (χ2n) is 4.55. The number of nitrogens with zero attached hydrogens (tertiary/aromatic N) is 2. The highest BCUT2D eigenvalue weighted by atomic mass is 32.1. The summed E-state index contributed by atoms with van der Waals surface area (Å²) < 4.78 is 46.2. The lowest BCUT2D eigenvalue weighted by Gasteiger charge is -2.13. The molecule has 3 aromatic rings. The molecule has 0 fully saturated rings. The van der Waals surface area contributed by atoms with Crippen molar-refractivity contribution in [3.05, 3.63) is 45.2 Å². The van der Waals surface area contributed by atoms with Gasteiger partial charge in [-0.1, -0.05) is 0 Å². The van der Waals surface area contributed by atoms with Gasteiger partial charge in [0, 0.05) is 7.05 Å². The molecule has 0 saturated heterocycles. The maximum atomic E-state index is 13.3. The Balaban J connectivity index is 2.53. The van der Waals surface area contributed by atoms with Crippen molar-refractivity contribution in [3.8, 4) is 11.5 Å². The summed E-state index contributed by atoms with van der Waals surface area (Å²) in [6.07, 6.45) is -3.39. The van der Waals surface area contributed by atoms with E-state index >= 15 is 0 Å². The number of fused-ring (bicyclic) bond motifs is 1. The summed E-state index contributed by atoms with van der Waals surface area (Å²) in [5, 5.41) is -0.557. The topological polar surface area (TPSA) is 63.8 Å². The number of alkyl halides is 3. The zero-order valence-corrected chi connectivity index (χ0v) is 11.9. The van der Waals surface area contributed by atoms with Crippen LogP contribution in [0.2, 0.25) is 0 Å². The molecule has 0 aliphatic rings. The molecule has 3 heterocycles. The number of hydrogen-bond acceptors (Lipinski definition) is 4. The molecule has 0 amide bonds. The number of hydrogen-bond donors (Lipinski definition) is 1. The maximum absolute atomic E-state index is 13.3. The molecule has 9 heteroatoms. The summed E-state index contributed by atoms with van der Waals surface area (Å²) in [6, 6.07) is 3.81. The number of furan rings is 1. The van der Waals surface area contributed by atoms with Gasteiger partial charge in [0.25, 0.3) is 5.56 Å². The Kier molecular flexibility index (Phi) is 3.17. The average molecular weight is 327 g/mol. The fourth-order valence-corrected chi connectivity index (χ4v) is 2.29. The molecule has 3 aromatic heterocycles. The number of aromatic nitrogens is 3. The Labute approximate surface area is 126 Å². The van der Waals surface area contributed by atoms with E-state index in [1.165, 1.54) is 30.0 Å². The van der Waals surface area contributed by atoms with Crippen LogP contribution in [0.15, 0.2) is 33.7 Å². The Morgan fingerprint density at radius 3 is 2.73 bits per heavy atom. The van der Waals surface area contributed by atoms with E-state index in [0.717, 1.165) is 6.07 Å². The first-order valence-corrected chi connectivity index (χ1v) is 6.45. The standard InChI is InChI=1S/C13H8F3N3O2S/c1-19-10-9(11(20)18-12(19)22)6(13(14,15)16)5-7(17-10)8-3-2-4-21-8/h2-5H,1H3,(H,18,20,22). The quantitative estimate of drug-likeness (QED) is 0.697. The predicted molar refractivity (Wildman–Crippen MR) is 74.9 cm³/mol. The third-order valence-corrected chi connectivity index (χ3v) is 3.53. The number of halogens is 3. The van der Waals surface area contributed by atoms with Gasteiger partial charge in [-0.2, -0.15) is 13.2 Å². The highest BCUT2D eigenvalue weighted by Gasteiger charge is 2.35. The van der Waals surface area contributed by atoms with E-state index in [1.54, 1.807) is 0 Å². The zero-order valence-electron chi connectivity index (χ0n) is 11.1. The largest absolute Gasteiger partial charge is 0.463 e. The normalized spacial score (nSPS) is 12.0. The fourth-order valence-electron chi connectivity index (χ4n) is 2.11. The van der Waals surface area contributed by atoms with Crippen LogP contribution in [0.5, 0.6) is 0 Å². The summed E-state index contributed by atoms with van der Waals surface area (Å²) in [5.74, 6) is 0.165. The number of rotatable bonds is 1. The van der Waals surface area contributed by atoms with Gasteiger partial charge in [-0.05, 0) is 30.4 Å². The van der Waals surface area contributed by atoms with E-state index in [4.69, 9.17) is 16.6 Å². The highest BCUT2D eigenvalue weighted by Crippen LogP contribution is 2.35. The first-order chi connectivity index (χ1) is 10.3. The molecule has 0 radical (unpaired) electrons. The first-order valence-electron chi connectivity index (χ1n) is 6.04. The van der Waals surface area contributed by atoms with Crippen LogP contribution >= 0.6 is 12.2 Å². The highest BCUT2D eigenvalue weighted by molar-refractivity contribution is 7.71. The van der Waals surface area contributed by atoms with Gasteiger partial charge in [-0.25, -0.2) is 4.98 Å². The fraction of sp³-hybridized carbons (Fsp3) is 0.154. The minimum Gasteiger partial charge on any atom is -0.463 e. The van der Waals surface area contributed by atoms with Gasteiger partial charge in [0.1, 0.15) is 11.3 Å². The van der Waals surface area contributed by atoms with Gasteiger partial charge < -0.3 is 8.98 Å². The molecule has 1 N–H and O–H groups in total. The monoisotopic (exact) mass is 327 g/mol. The van der Waals surface area contributed by atoms with Crippen molar-refractivity contribution in [1.29, 1.82) is 0 Å². The number of aryl methyl sites for hydroxylation is 1. The van der Waals surface area contributed by atoms with Crippen molar-refractivity contribution in [3.63, 3.8) is 0 Å². The molecule has 0 aliphatic carbocycles. The van der Waals surface area contributed by atoms with E-state index in [1.807, 2.05) is 0 Å². The van der Waals surface area contributed by atoms with E-state index in [-0.39, 0.29) is 21.9 Å². The molecular weight excluding hydrogens is 319 g/mol. The molecule has 0 saturated carbocycles. The first kappa shape index (κ1) is 14.5. The molecule has 0 aliphatic heterocycles. The van der Waals surface area contributed by atoms with Crippen LogP contribution in [-0.2, 0) is 13.2 Å². The van der Waals surface area contributed by atoms with Gasteiger partial charge in [0.2, 0.25) is 0 Å². The average Bonchev–Trinajstić information content (AvgIpc) is 2.96. The van der Waals surface area contributed by atoms with Gasteiger partial charge in [-0.15, -0.1) is 0 Å². The molecule has 22 heavy (non-hydrogen) atoms. The molecule has 5 nitrogen and oxygen atoms in total. The Hall–Kier alpha value is -2.42. The van der Waals surface area contributed by atoms with E-state index in [0.29, 0.717) is 0 Å². The van der Waals surface area contributed by atoms with Crippen LogP contribution in [0.1, 0.15) is 5.56 Å². The smallest absolute Gasteiger partial charge is 0.417 e. The zero-order chi connectivity index (χ0) is 16.1. The van der Waals surface area contributed by atoms with E-state index in [2.05, 4.69) is 9.97 Å². The lowest BCUT2D eigenvalue weighted by atomic mass is 10.1. The molecule has 3 rings (SSSR count). The van der Waals surface area contributed by atoms with Crippen molar-refractivity contribution >= 4 is 23.3 Å². The van der Waals surface area contributed by atoms with Gasteiger partial charge in [0.15, 0.2) is 10.5 Å². The lowest BCUT2D eigenvalue weighted by molar-refractivity contribution is -0.136. The molecule has 0 aromatic carbocycles. The molecular formula is C13H8F3N3O2S. The van der Waals surface area contributed by atoms with E-state index < -0.39 is 22.7 Å². The predicted octanol–water partition coefficient (Wildman–Crippen LogP) is 3.27. The molecule has 0 bridgehead atoms. The Morgan fingerprint density at radius 1 is 1.41 bits per heavy atom. The maximum Gasteiger partial charge on any atom is 0.417 e. The van der Waals surface area contributed by atoms with E-state index in [9.17, 15) is 18.0 Å². The third kappa shape index (κ3) is 2.23. The second kappa shape index (κ2) is 4.80. The molecule has 0 unspecified atom stereocenters. The van der Waals surface area contributed by atoms with Gasteiger partial charge in [-0.3, -0.25) is 9.78 Å². The number of nitrogens with one attached hydrogen (secondary N) is 1. The SMILES string of the molecule is Cn1c(=S)[nH]c(=O)c2c(C(F)(F)F)cc(-c3ccco3)nc21. The third-order valence-electron chi connectivity index (χ3n) is 3.15. The summed E-state index contributed by atoms with van der Waals surface area (Å²) in [6.45, 7) is 0. The van der Waals surface area contributed by atoms with Gasteiger partial charge in [0.05, 0.1) is 17.2 Å². The van der Waals surface area contributed by atoms with Crippen LogP contribution in [0.4, 0.5) is 13.2 Å². The number of pyridine rings is 1. The Morgan fingerprint density at radius 2 is 2.14 bits per heavy atom. The summed E-state index contributed by atoms with van der Waals surface area (Å²) in [4.78, 5) is 18.2. The van der Waals surface area contributed by atoms with Crippen LogP contribution in [0, 0.1) is 4.77 Å². The number of aromatic amines is 1. The number of H-pyrrole nitrogens is 1. The summed E-state index contributed by atoms with van der Waals surface area (Å²) in [7, 11) is 1.43. The van der Waals surface area contributed by atoms with Crippen LogP contribution in [0.25, 0.3) is 22.5 Å². The van der Waals surface area contributed by atoms with Crippen molar-refractivity contribution in [2.45, 2.75) is 6.18 Å². The summed E-state index contributed by atoms with van der Waals surface area (Å²) >= 11 is 4.91. The molecule has 114 valence electrons. The Bertz CT molecular complexity index is 971. The molecule has 0 spiro atoms. The van der Waals surface area contributed by atoms with Crippen molar-refractivity contribution in [2.75, 3.05) is 0 Å². The van der Waals surface area contributed by atoms with Crippen molar-refractivity contribution in [1.82, 2.24) is 14.5 Å². The minimum atomic E-state index is -4.72. The van der Waals surface area contributed by atoms with Gasteiger partial charge >= 0.3 is 6.18 Å². The summed E-state index contributed by atoms with van der Waals surface area (Å²) in [5.41, 5.74) is -2.20.